The average Bonchev–Trinajstić information content (AvgIpc) is 2.30. The summed E-state index contributed by atoms with van der Waals surface area (Å²) in [5.41, 5.74) is 5.83. The molecule has 0 saturated carbocycles. The monoisotopic (exact) mass is 265 g/mol. The lowest BCUT2D eigenvalue weighted by Gasteiger charge is -2.14. The van der Waals surface area contributed by atoms with Crippen molar-refractivity contribution in [3.63, 3.8) is 0 Å². The molecule has 5 N–H and O–H groups in total. The molecule has 0 fully saturated rings. The number of carbonyl (C=O) groups is 3. The van der Waals surface area contributed by atoms with Crippen molar-refractivity contribution in [3.05, 3.63) is 29.3 Å². The van der Waals surface area contributed by atoms with Gasteiger partial charge in [0.15, 0.2) is 0 Å². The number of amides is 3. The fourth-order valence-electron chi connectivity index (χ4n) is 1.52. The van der Waals surface area contributed by atoms with Gasteiger partial charge in [-0.15, -0.1) is 0 Å². The van der Waals surface area contributed by atoms with Gasteiger partial charge in [0.2, 0.25) is 5.91 Å². The third-order valence-corrected chi connectivity index (χ3v) is 2.57. The van der Waals surface area contributed by atoms with Crippen molar-refractivity contribution in [2.75, 3.05) is 5.32 Å². The number of rotatable bonds is 4. The summed E-state index contributed by atoms with van der Waals surface area (Å²) >= 11 is 0. The van der Waals surface area contributed by atoms with Crippen molar-refractivity contribution in [1.29, 1.82) is 0 Å². The summed E-state index contributed by atoms with van der Waals surface area (Å²) in [7, 11) is 0. The summed E-state index contributed by atoms with van der Waals surface area (Å²) in [5, 5.41) is 13.7. The van der Waals surface area contributed by atoms with Crippen molar-refractivity contribution >= 4 is 23.6 Å². The fourth-order valence-corrected chi connectivity index (χ4v) is 1.52. The van der Waals surface area contributed by atoms with Crippen LogP contribution in [0, 0.1) is 6.92 Å². The number of carboxylic acid groups (broad SMARTS) is 1. The third kappa shape index (κ3) is 3.70. The zero-order chi connectivity index (χ0) is 14.6. The highest BCUT2D eigenvalue weighted by molar-refractivity contribution is 5.99. The van der Waals surface area contributed by atoms with Crippen LogP contribution >= 0.6 is 0 Å². The highest BCUT2D eigenvalue weighted by atomic mass is 16.4. The molecule has 0 bridgehead atoms. The van der Waals surface area contributed by atoms with E-state index in [4.69, 9.17) is 10.8 Å². The van der Waals surface area contributed by atoms with Gasteiger partial charge in [-0.2, -0.15) is 0 Å². The number of nitrogens with two attached hydrogens (primary N) is 1. The normalized spacial score (nSPS) is 11.5. The van der Waals surface area contributed by atoms with Crippen LogP contribution in [0.25, 0.3) is 0 Å². The minimum Gasteiger partial charge on any atom is -0.478 e. The summed E-state index contributed by atoms with van der Waals surface area (Å²) in [6.45, 7) is 3.06. The van der Waals surface area contributed by atoms with Crippen molar-refractivity contribution < 1.29 is 19.5 Å². The van der Waals surface area contributed by atoms with Gasteiger partial charge in [0, 0.05) is 5.69 Å². The van der Waals surface area contributed by atoms with E-state index >= 15 is 0 Å². The lowest BCUT2D eigenvalue weighted by atomic mass is 10.1. The molecule has 102 valence electrons. The molecule has 7 nitrogen and oxygen atoms in total. The van der Waals surface area contributed by atoms with Gasteiger partial charge >= 0.3 is 12.0 Å². The van der Waals surface area contributed by atoms with E-state index in [2.05, 4.69) is 10.6 Å². The SMILES string of the molecule is Cc1c(NC(=O)C(C)NC(N)=O)cccc1C(=O)O. The van der Waals surface area contributed by atoms with Crippen LogP contribution in [-0.4, -0.2) is 29.1 Å². The summed E-state index contributed by atoms with van der Waals surface area (Å²) in [5.74, 6) is -1.55. The highest BCUT2D eigenvalue weighted by Crippen LogP contribution is 2.19. The molecular weight excluding hydrogens is 250 g/mol. The first-order valence-corrected chi connectivity index (χ1v) is 5.52. The van der Waals surface area contributed by atoms with E-state index in [0.29, 0.717) is 11.3 Å². The number of hydrogen-bond acceptors (Lipinski definition) is 3. The lowest BCUT2D eigenvalue weighted by molar-refractivity contribution is -0.117. The molecule has 0 spiro atoms. The maximum absolute atomic E-state index is 11.8. The van der Waals surface area contributed by atoms with Crippen LogP contribution in [0.3, 0.4) is 0 Å². The number of hydrogen-bond donors (Lipinski definition) is 4. The molecule has 0 heterocycles. The first-order valence-electron chi connectivity index (χ1n) is 5.52. The van der Waals surface area contributed by atoms with Gasteiger partial charge in [-0.1, -0.05) is 6.07 Å². The van der Waals surface area contributed by atoms with Gasteiger partial charge in [0.25, 0.3) is 0 Å². The Hall–Kier alpha value is -2.57. The van der Waals surface area contributed by atoms with E-state index < -0.39 is 23.9 Å². The van der Waals surface area contributed by atoms with Gasteiger partial charge in [0.05, 0.1) is 5.56 Å². The second-order valence-corrected chi connectivity index (χ2v) is 4.00. The first-order chi connectivity index (χ1) is 8.82. The van der Waals surface area contributed by atoms with Gasteiger partial charge in [-0.05, 0) is 31.5 Å². The van der Waals surface area contributed by atoms with Crippen LogP contribution in [0.2, 0.25) is 0 Å². The van der Waals surface area contributed by atoms with E-state index in [1.165, 1.54) is 19.1 Å². The quantitative estimate of drug-likeness (QED) is 0.639. The molecule has 0 radical (unpaired) electrons. The number of benzene rings is 1. The number of nitrogens with one attached hydrogen (secondary N) is 2. The van der Waals surface area contributed by atoms with Crippen molar-refractivity contribution in [1.82, 2.24) is 5.32 Å². The molecule has 1 unspecified atom stereocenters. The van der Waals surface area contributed by atoms with Gasteiger partial charge in [0.1, 0.15) is 6.04 Å². The molecule has 1 aromatic carbocycles. The predicted molar refractivity (Wildman–Crippen MR) is 68.9 cm³/mol. The molecule has 0 aromatic heterocycles. The van der Waals surface area contributed by atoms with Crippen LogP contribution in [0.1, 0.15) is 22.8 Å². The zero-order valence-electron chi connectivity index (χ0n) is 10.6. The maximum atomic E-state index is 11.8. The van der Waals surface area contributed by atoms with E-state index in [9.17, 15) is 14.4 Å². The van der Waals surface area contributed by atoms with Gasteiger partial charge in [-0.25, -0.2) is 9.59 Å². The Morgan fingerprint density at radius 2 is 1.95 bits per heavy atom. The van der Waals surface area contributed by atoms with E-state index in [1.54, 1.807) is 13.0 Å². The molecule has 0 aliphatic rings. The van der Waals surface area contributed by atoms with Crippen LogP contribution in [0.15, 0.2) is 18.2 Å². The number of carboxylic acids is 1. The van der Waals surface area contributed by atoms with Crippen molar-refractivity contribution in [2.24, 2.45) is 5.73 Å². The molecule has 7 heteroatoms. The van der Waals surface area contributed by atoms with Gasteiger partial charge < -0.3 is 21.5 Å². The molecular formula is C12H15N3O4. The number of anilines is 1. The second kappa shape index (κ2) is 5.85. The molecule has 1 aromatic rings. The average molecular weight is 265 g/mol. The molecule has 0 aliphatic heterocycles. The fraction of sp³-hybridized carbons (Fsp3) is 0.250. The smallest absolute Gasteiger partial charge is 0.336 e. The summed E-state index contributed by atoms with van der Waals surface area (Å²) in [6, 6.07) is 2.93. The summed E-state index contributed by atoms with van der Waals surface area (Å²) in [6.07, 6.45) is 0. The lowest BCUT2D eigenvalue weighted by Crippen LogP contribution is -2.44. The topological polar surface area (TPSA) is 122 Å². The molecule has 19 heavy (non-hydrogen) atoms. The Morgan fingerprint density at radius 3 is 2.47 bits per heavy atom. The maximum Gasteiger partial charge on any atom is 0.336 e. The molecule has 1 atom stereocenters. The van der Waals surface area contributed by atoms with Crippen LogP contribution in [0.5, 0.6) is 0 Å². The van der Waals surface area contributed by atoms with E-state index in [1.807, 2.05) is 0 Å². The Bertz CT molecular complexity index is 528. The highest BCUT2D eigenvalue weighted by Gasteiger charge is 2.16. The van der Waals surface area contributed by atoms with Crippen molar-refractivity contribution in [3.8, 4) is 0 Å². The Kier molecular flexibility index (Phi) is 4.46. The van der Waals surface area contributed by atoms with E-state index in [-0.39, 0.29) is 5.56 Å². The minimum atomic E-state index is -1.07. The Morgan fingerprint density at radius 1 is 1.32 bits per heavy atom. The number of primary amides is 1. The third-order valence-electron chi connectivity index (χ3n) is 2.57. The molecule has 3 amide bonds. The van der Waals surface area contributed by atoms with Crippen LogP contribution < -0.4 is 16.4 Å². The molecule has 1 rings (SSSR count). The summed E-state index contributed by atoms with van der Waals surface area (Å²) < 4.78 is 0. The predicted octanol–water partition coefficient (Wildman–Crippen LogP) is 0.689. The molecule has 0 aliphatic carbocycles. The number of urea groups is 1. The largest absolute Gasteiger partial charge is 0.478 e. The minimum absolute atomic E-state index is 0.105. The van der Waals surface area contributed by atoms with Crippen LogP contribution in [-0.2, 0) is 4.79 Å². The van der Waals surface area contributed by atoms with Gasteiger partial charge in [-0.3, -0.25) is 4.79 Å². The van der Waals surface area contributed by atoms with E-state index in [0.717, 1.165) is 0 Å². The first kappa shape index (κ1) is 14.5. The Balaban J connectivity index is 2.88. The van der Waals surface area contributed by atoms with Crippen LogP contribution in [0.4, 0.5) is 10.5 Å². The Labute approximate surface area is 109 Å². The number of carbonyl (C=O) groups excluding carboxylic acids is 2. The molecule has 0 saturated heterocycles. The second-order valence-electron chi connectivity index (χ2n) is 4.00. The number of aromatic carboxylic acids is 1. The standard InChI is InChI=1S/C12H15N3O4/c1-6-8(11(17)18)4-3-5-9(6)15-10(16)7(2)14-12(13)19/h3-5,7H,1-2H3,(H,15,16)(H,17,18)(H3,13,14,19). The van der Waals surface area contributed by atoms with Crippen molar-refractivity contribution in [2.45, 2.75) is 19.9 Å². The zero-order valence-corrected chi connectivity index (χ0v) is 10.6. The summed E-state index contributed by atoms with van der Waals surface area (Å²) in [4.78, 5) is 33.3.